The molecule has 9 nitrogen and oxygen atoms in total. The fourth-order valence-electron chi connectivity index (χ4n) is 5.44. The smallest absolute Gasteiger partial charge is 0.271 e. The van der Waals surface area contributed by atoms with Gasteiger partial charge in [-0.1, -0.05) is 60.7 Å². The molecule has 2 amide bonds. The summed E-state index contributed by atoms with van der Waals surface area (Å²) in [5, 5.41) is 17.4. The van der Waals surface area contributed by atoms with E-state index >= 15 is 0 Å². The molecule has 172 valence electrons. The van der Waals surface area contributed by atoms with E-state index < -0.39 is 40.7 Å². The molecule has 9 heteroatoms. The number of non-ortho nitro benzene ring substituents is 1. The lowest BCUT2D eigenvalue weighted by Crippen LogP contribution is -2.44. The molecule has 0 aliphatic carbocycles. The lowest BCUT2D eigenvalue weighted by molar-refractivity contribution is -0.384. The van der Waals surface area contributed by atoms with Crippen molar-refractivity contribution in [3.8, 4) is 0 Å². The Balaban J connectivity index is 1.50. The fourth-order valence-corrected chi connectivity index (χ4v) is 5.44. The lowest BCUT2D eigenvalue weighted by Gasteiger charge is -2.33. The summed E-state index contributed by atoms with van der Waals surface area (Å²) < 4.78 is 0. The van der Waals surface area contributed by atoms with Crippen molar-refractivity contribution >= 4 is 35.2 Å². The predicted molar refractivity (Wildman–Crippen MR) is 126 cm³/mol. The quantitative estimate of drug-likeness (QED) is 0.252. The molecule has 3 aliphatic heterocycles. The van der Waals surface area contributed by atoms with Crippen LogP contribution in [0.4, 0.5) is 11.4 Å². The van der Waals surface area contributed by atoms with Crippen LogP contribution < -0.4 is 4.90 Å². The van der Waals surface area contributed by atoms with Crippen molar-refractivity contribution < 1.29 is 19.3 Å². The van der Waals surface area contributed by atoms with Crippen LogP contribution in [0.15, 0.2) is 84.0 Å². The Morgan fingerprint density at radius 2 is 1.60 bits per heavy atom. The molecule has 0 N–H and O–H groups in total. The minimum absolute atomic E-state index is 0.119. The Morgan fingerprint density at radius 1 is 0.886 bits per heavy atom. The summed E-state index contributed by atoms with van der Waals surface area (Å²) in [4.78, 5) is 53.0. The van der Waals surface area contributed by atoms with Gasteiger partial charge in [-0.2, -0.15) is 5.10 Å². The number of rotatable bonds is 4. The molecule has 0 radical (unpaired) electrons. The first-order chi connectivity index (χ1) is 17.0. The Kier molecular flexibility index (Phi) is 4.60. The maximum Gasteiger partial charge on any atom is 0.271 e. The molecule has 3 aromatic rings. The predicted octanol–water partition coefficient (Wildman–Crippen LogP) is 3.36. The average Bonchev–Trinajstić information content (AvgIpc) is 3.36. The zero-order valence-corrected chi connectivity index (χ0v) is 18.2. The maximum atomic E-state index is 13.8. The van der Waals surface area contributed by atoms with Crippen molar-refractivity contribution in [2.45, 2.75) is 12.1 Å². The lowest BCUT2D eigenvalue weighted by atomic mass is 9.83. The van der Waals surface area contributed by atoms with Crippen LogP contribution in [0.2, 0.25) is 0 Å². The van der Waals surface area contributed by atoms with Crippen molar-refractivity contribution in [1.29, 1.82) is 0 Å². The van der Waals surface area contributed by atoms with E-state index in [0.717, 1.165) is 16.0 Å². The maximum absolute atomic E-state index is 13.8. The van der Waals surface area contributed by atoms with Gasteiger partial charge in [0.05, 0.1) is 34.7 Å². The highest BCUT2D eigenvalue weighted by atomic mass is 16.6. The van der Waals surface area contributed by atoms with Gasteiger partial charge in [-0.05, 0) is 17.2 Å². The van der Waals surface area contributed by atoms with Crippen LogP contribution in [-0.2, 0) is 9.59 Å². The van der Waals surface area contributed by atoms with E-state index in [2.05, 4.69) is 5.10 Å². The van der Waals surface area contributed by atoms with Gasteiger partial charge in [-0.3, -0.25) is 29.5 Å². The van der Waals surface area contributed by atoms with Crippen LogP contribution in [0.25, 0.3) is 0 Å². The largest absolute Gasteiger partial charge is 0.292 e. The summed E-state index contributed by atoms with van der Waals surface area (Å²) in [5.74, 6) is -3.20. The van der Waals surface area contributed by atoms with E-state index in [4.69, 9.17) is 0 Å². The molecule has 3 aliphatic rings. The monoisotopic (exact) mass is 466 g/mol. The standard InChI is InChI=1S/C26H18N4O5/c31-24(15-7-2-1-3-8-15)23-21-20(22-19-12-5-4-9-16(19)14-27-29(22)23)25(32)28(26(21)33)17-10-6-11-18(13-17)30(34)35/h1-14,20-23H/t20-,21+,22+,23+/m0/s1. The molecular weight excluding hydrogens is 448 g/mol. The third-order valence-electron chi connectivity index (χ3n) is 6.92. The van der Waals surface area contributed by atoms with Crippen molar-refractivity contribution in [2.75, 3.05) is 4.90 Å². The number of carbonyl (C=O) groups is 3. The highest BCUT2D eigenvalue weighted by Crippen LogP contribution is 2.53. The average molecular weight is 466 g/mol. The van der Waals surface area contributed by atoms with Gasteiger partial charge < -0.3 is 0 Å². The number of ketones is 1. The normalized spacial score (nSPS) is 24.2. The highest BCUT2D eigenvalue weighted by Gasteiger charge is 2.65. The Labute approximate surface area is 199 Å². The minimum atomic E-state index is -0.989. The molecule has 0 unspecified atom stereocenters. The highest BCUT2D eigenvalue weighted by molar-refractivity contribution is 6.24. The Bertz CT molecular complexity index is 1440. The second kappa shape index (κ2) is 7.69. The van der Waals surface area contributed by atoms with Crippen LogP contribution in [0.3, 0.4) is 0 Å². The summed E-state index contributed by atoms with van der Waals surface area (Å²) in [6.07, 6.45) is 1.64. The molecule has 35 heavy (non-hydrogen) atoms. The van der Waals surface area contributed by atoms with Crippen LogP contribution in [-0.4, -0.2) is 39.8 Å². The van der Waals surface area contributed by atoms with Crippen LogP contribution in [0, 0.1) is 22.0 Å². The second-order valence-electron chi connectivity index (χ2n) is 8.71. The number of hydrogen-bond acceptors (Lipinski definition) is 7. The van der Waals surface area contributed by atoms with E-state index in [0.29, 0.717) is 5.56 Å². The molecule has 3 heterocycles. The number of benzene rings is 3. The molecule has 6 rings (SSSR count). The van der Waals surface area contributed by atoms with Gasteiger partial charge in [0.25, 0.3) is 5.69 Å². The van der Waals surface area contributed by atoms with Crippen molar-refractivity contribution in [3.63, 3.8) is 0 Å². The number of nitro groups is 1. The number of Topliss-reactive ketones (excluding diaryl/α,β-unsaturated/α-hetero) is 1. The number of fused-ring (bicyclic) bond motifs is 5. The van der Waals surface area contributed by atoms with Gasteiger partial charge in [-0.25, -0.2) is 4.90 Å². The van der Waals surface area contributed by atoms with E-state index in [-0.39, 0.29) is 17.2 Å². The second-order valence-corrected chi connectivity index (χ2v) is 8.71. The molecule has 2 fully saturated rings. The first kappa shape index (κ1) is 20.9. The summed E-state index contributed by atoms with van der Waals surface area (Å²) in [7, 11) is 0. The molecule has 0 aromatic heterocycles. The zero-order valence-electron chi connectivity index (χ0n) is 18.2. The van der Waals surface area contributed by atoms with Crippen LogP contribution in [0.5, 0.6) is 0 Å². The summed E-state index contributed by atoms with van der Waals surface area (Å²) >= 11 is 0. The van der Waals surface area contributed by atoms with E-state index in [1.165, 1.54) is 24.3 Å². The van der Waals surface area contributed by atoms with E-state index in [1.807, 2.05) is 24.3 Å². The molecule has 2 saturated heterocycles. The van der Waals surface area contributed by atoms with E-state index in [1.54, 1.807) is 41.6 Å². The molecule has 3 aromatic carbocycles. The Morgan fingerprint density at radius 3 is 2.37 bits per heavy atom. The summed E-state index contributed by atoms with van der Waals surface area (Å²) in [6.45, 7) is 0. The summed E-state index contributed by atoms with van der Waals surface area (Å²) in [5.41, 5.74) is 1.93. The van der Waals surface area contributed by atoms with Crippen molar-refractivity contribution in [2.24, 2.45) is 16.9 Å². The number of hydrazone groups is 1. The Hall–Kier alpha value is -4.66. The molecule has 0 saturated carbocycles. The van der Waals surface area contributed by atoms with Gasteiger partial charge in [0.15, 0.2) is 5.78 Å². The molecule has 0 spiro atoms. The van der Waals surface area contributed by atoms with Gasteiger partial charge in [0.2, 0.25) is 11.8 Å². The number of imide groups is 1. The topological polar surface area (TPSA) is 113 Å². The minimum Gasteiger partial charge on any atom is -0.292 e. The zero-order chi connectivity index (χ0) is 24.3. The van der Waals surface area contributed by atoms with Crippen molar-refractivity contribution in [3.05, 3.63) is 106 Å². The molecular formula is C26H18N4O5. The van der Waals surface area contributed by atoms with Gasteiger partial charge in [0, 0.05) is 17.7 Å². The number of hydrogen-bond donors (Lipinski definition) is 0. The van der Waals surface area contributed by atoms with Gasteiger partial charge in [0.1, 0.15) is 6.04 Å². The van der Waals surface area contributed by atoms with Crippen LogP contribution in [0.1, 0.15) is 27.5 Å². The first-order valence-electron chi connectivity index (χ1n) is 11.1. The number of carbonyl (C=O) groups excluding carboxylic acids is 3. The third kappa shape index (κ3) is 3.01. The summed E-state index contributed by atoms with van der Waals surface area (Å²) in [6, 6.07) is 19.9. The number of nitrogens with zero attached hydrogens (tertiary/aromatic N) is 4. The number of amides is 2. The fraction of sp³-hybridized carbons (Fsp3) is 0.154. The SMILES string of the molecule is O=C(c1ccccc1)[C@H]1[C@@H]2C(=O)N(c3cccc([N+](=O)[O-])c3)C(=O)[C@@H]2[C@H]2c3ccccc3C=NN21. The number of nitro benzene ring substituents is 1. The van der Waals surface area contributed by atoms with Gasteiger partial charge in [-0.15, -0.1) is 0 Å². The van der Waals surface area contributed by atoms with E-state index in [9.17, 15) is 24.5 Å². The molecule has 0 bridgehead atoms. The van der Waals surface area contributed by atoms with Crippen molar-refractivity contribution in [1.82, 2.24) is 5.01 Å². The molecule has 4 atom stereocenters. The van der Waals surface area contributed by atoms with Gasteiger partial charge >= 0.3 is 0 Å². The van der Waals surface area contributed by atoms with Crippen LogP contribution >= 0.6 is 0 Å². The third-order valence-corrected chi connectivity index (χ3v) is 6.92. The number of anilines is 1. The first-order valence-corrected chi connectivity index (χ1v) is 11.1.